The first kappa shape index (κ1) is 37.2. The molecule has 0 bridgehead atoms. The summed E-state index contributed by atoms with van der Waals surface area (Å²) in [5.41, 5.74) is 0.325. The molecule has 52 heavy (non-hydrogen) atoms. The molecule has 2 amide bonds. The Morgan fingerprint density at radius 1 is 0.865 bits per heavy atom. The lowest BCUT2D eigenvalue weighted by atomic mass is 9.92. The number of allylic oxidation sites excluding steroid dienone is 1. The minimum Gasteiger partial charge on any atom is -0.489 e. The lowest BCUT2D eigenvalue weighted by Gasteiger charge is -2.53. The molecule has 3 atom stereocenters. The Bertz CT molecular complexity index is 1870. The summed E-state index contributed by atoms with van der Waals surface area (Å²) in [4.78, 5) is 55.7. The Labute approximate surface area is 302 Å². The average molecular weight is 705 g/mol. The van der Waals surface area contributed by atoms with Gasteiger partial charge in [0.25, 0.3) is 11.6 Å². The summed E-state index contributed by atoms with van der Waals surface area (Å²) in [5.74, 6) is -5.26. The molecular formula is C41H40N2O9. The van der Waals surface area contributed by atoms with Crippen LogP contribution in [0.2, 0.25) is 0 Å². The van der Waals surface area contributed by atoms with Gasteiger partial charge in [0.1, 0.15) is 18.1 Å². The topological polar surface area (TPSA) is 141 Å². The van der Waals surface area contributed by atoms with E-state index in [1.807, 2.05) is 91.0 Å². The van der Waals surface area contributed by atoms with Crippen LogP contribution in [0.3, 0.4) is 0 Å². The average Bonchev–Trinajstić information content (AvgIpc) is 3.16. The minimum absolute atomic E-state index is 0.114. The predicted octanol–water partition coefficient (Wildman–Crippen LogP) is 5.89. The van der Waals surface area contributed by atoms with Crippen molar-refractivity contribution in [3.8, 4) is 5.75 Å². The van der Waals surface area contributed by atoms with Crippen molar-refractivity contribution in [2.24, 2.45) is 0 Å². The molecule has 1 aliphatic rings. The van der Waals surface area contributed by atoms with Crippen molar-refractivity contribution in [1.29, 1.82) is 0 Å². The molecule has 0 aromatic heterocycles. The van der Waals surface area contributed by atoms with E-state index in [9.17, 15) is 24.3 Å². The van der Waals surface area contributed by atoms with Gasteiger partial charge < -0.3 is 29.4 Å². The Morgan fingerprint density at radius 3 is 1.92 bits per heavy atom. The van der Waals surface area contributed by atoms with E-state index >= 15 is 0 Å². The molecule has 0 spiro atoms. The first-order chi connectivity index (χ1) is 25.1. The molecule has 0 aliphatic carbocycles. The van der Waals surface area contributed by atoms with E-state index in [0.29, 0.717) is 29.1 Å². The molecule has 3 unspecified atom stereocenters. The highest BCUT2D eigenvalue weighted by Gasteiger charge is 2.66. The van der Waals surface area contributed by atoms with Gasteiger partial charge in [-0.1, -0.05) is 109 Å². The number of hydrogen-bond donors (Lipinski definition) is 2. The summed E-state index contributed by atoms with van der Waals surface area (Å²) in [6, 6.07) is 34.1. The third-order valence-electron chi connectivity index (χ3n) is 8.44. The molecule has 1 aliphatic heterocycles. The highest BCUT2D eigenvalue weighted by molar-refractivity contribution is 6.08. The van der Waals surface area contributed by atoms with E-state index in [2.05, 4.69) is 11.9 Å². The van der Waals surface area contributed by atoms with Crippen LogP contribution in [-0.2, 0) is 40.0 Å². The van der Waals surface area contributed by atoms with Crippen LogP contribution in [-0.4, -0.2) is 59.4 Å². The van der Waals surface area contributed by atoms with Crippen LogP contribution in [0, 0.1) is 0 Å². The molecule has 1 fully saturated rings. The Hall–Kier alpha value is -6.04. The van der Waals surface area contributed by atoms with Crippen LogP contribution < -0.4 is 10.1 Å². The van der Waals surface area contributed by atoms with E-state index in [0.717, 1.165) is 10.5 Å². The molecule has 11 heteroatoms. The number of aliphatic carboxylic acids is 1. The number of ether oxygens (including phenoxy) is 4. The zero-order chi connectivity index (χ0) is 37.3. The number of carbonyl (C=O) groups excluding carboxylic acids is 3. The minimum atomic E-state index is -2.19. The van der Waals surface area contributed by atoms with Gasteiger partial charge in [-0.2, -0.15) is 0 Å². The first-order valence-corrected chi connectivity index (χ1v) is 16.5. The molecule has 5 rings (SSSR count). The Kier molecular flexibility index (Phi) is 12.0. The third kappa shape index (κ3) is 7.96. The van der Waals surface area contributed by atoms with Crippen molar-refractivity contribution in [1.82, 2.24) is 10.2 Å². The van der Waals surface area contributed by atoms with Crippen LogP contribution in [0.25, 0.3) is 0 Å². The normalized spacial score (nSPS) is 17.0. The first-order valence-electron chi connectivity index (χ1n) is 16.5. The standard InChI is InChI=1S/C41H40N2O9/c1-5-25-50-40-41(49-4,39(48)43(40)34(27(2)3)37(45)46)42-36(44)33(29-21-23-32(24-22-29)51-26-28-15-9-6-10-16-28)38(47)52-35(30-17-11-7-12-18-30)31-19-13-8-14-20-31/h5-24,33,35,40H,1,25-26H2,2-4H3,(H,42,44)(H,45,46). The lowest BCUT2D eigenvalue weighted by molar-refractivity contribution is -0.253. The van der Waals surface area contributed by atoms with Gasteiger partial charge in [0, 0.05) is 7.11 Å². The molecule has 0 saturated carbocycles. The molecule has 4 aromatic carbocycles. The van der Waals surface area contributed by atoms with Crippen LogP contribution in [0.15, 0.2) is 139 Å². The van der Waals surface area contributed by atoms with Crippen molar-refractivity contribution in [2.75, 3.05) is 13.7 Å². The maximum atomic E-state index is 14.4. The second kappa shape index (κ2) is 16.8. The maximum Gasteiger partial charge on any atom is 0.352 e. The van der Waals surface area contributed by atoms with Gasteiger partial charge in [0.05, 0.1) is 6.61 Å². The molecule has 4 aromatic rings. The summed E-state index contributed by atoms with van der Waals surface area (Å²) in [7, 11) is 1.18. The largest absolute Gasteiger partial charge is 0.489 e. The number of amides is 2. The van der Waals surface area contributed by atoms with E-state index < -0.39 is 47.7 Å². The van der Waals surface area contributed by atoms with Crippen molar-refractivity contribution in [2.45, 2.75) is 44.4 Å². The van der Waals surface area contributed by atoms with E-state index in [4.69, 9.17) is 18.9 Å². The van der Waals surface area contributed by atoms with Crippen LogP contribution in [0.5, 0.6) is 5.75 Å². The third-order valence-corrected chi connectivity index (χ3v) is 8.44. The van der Waals surface area contributed by atoms with Crippen molar-refractivity contribution >= 4 is 23.8 Å². The van der Waals surface area contributed by atoms with Gasteiger partial charge >= 0.3 is 11.9 Å². The smallest absolute Gasteiger partial charge is 0.352 e. The number of β-lactam (4-membered cyclic amide) rings is 1. The summed E-state index contributed by atoms with van der Waals surface area (Å²) in [6.45, 7) is 6.88. The fraction of sp³-hybridized carbons (Fsp3) is 0.220. The number of hydrogen-bond acceptors (Lipinski definition) is 8. The van der Waals surface area contributed by atoms with Gasteiger partial charge in [-0.15, -0.1) is 6.58 Å². The molecule has 268 valence electrons. The number of nitrogens with one attached hydrogen (secondary N) is 1. The van der Waals surface area contributed by atoms with E-state index in [1.165, 1.54) is 27.0 Å². The van der Waals surface area contributed by atoms with Crippen LogP contribution >= 0.6 is 0 Å². The molecule has 0 radical (unpaired) electrons. The number of carboxylic acids is 1. The lowest BCUT2D eigenvalue weighted by Crippen LogP contribution is -2.82. The number of nitrogens with zero attached hydrogens (tertiary/aromatic N) is 1. The number of esters is 1. The second-order valence-corrected chi connectivity index (χ2v) is 12.1. The SMILES string of the molecule is C=CCOC1N(C(C(=O)O)=C(C)C)C(=O)C1(NC(=O)C(C(=O)OC(c1ccccc1)c1ccccc1)c1ccc(OCc2ccccc2)cc1)OC. The van der Waals surface area contributed by atoms with Gasteiger partial charge in [0.15, 0.2) is 18.2 Å². The monoisotopic (exact) mass is 704 g/mol. The van der Waals surface area contributed by atoms with Crippen molar-refractivity contribution in [3.63, 3.8) is 0 Å². The summed E-state index contributed by atoms with van der Waals surface area (Å²) in [5, 5.41) is 12.5. The number of rotatable bonds is 16. The molecule has 11 nitrogen and oxygen atoms in total. The zero-order valence-electron chi connectivity index (χ0n) is 29.1. The number of methoxy groups -OCH3 is 1. The van der Waals surface area contributed by atoms with E-state index in [1.54, 1.807) is 24.3 Å². The zero-order valence-corrected chi connectivity index (χ0v) is 29.1. The molecule has 2 N–H and O–H groups in total. The Balaban J connectivity index is 1.51. The van der Waals surface area contributed by atoms with Crippen molar-refractivity contribution in [3.05, 3.63) is 161 Å². The van der Waals surface area contributed by atoms with Crippen LogP contribution in [0.1, 0.15) is 48.1 Å². The van der Waals surface area contributed by atoms with Gasteiger partial charge in [-0.05, 0) is 53.8 Å². The highest BCUT2D eigenvalue weighted by atomic mass is 16.6. The fourth-order valence-corrected chi connectivity index (χ4v) is 5.90. The van der Waals surface area contributed by atoms with Crippen molar-refractivity contribution < 1.29 is 43.2 Å². The quantitative estimate of drug-likeness (QED) is 0.0365. The molecule has 1 heterocycles. The second-order valence-electron chi connectivity index (χ2n) is 12.1. The number of benzene rings is 4. The number of carbonyl (C=O) groups is 4. The Morgan fingerprint density at radius 2 is 1.42 bits per heavy atom. The predicted molar refractivity (Wildman–Crippen MR) is 191 cm³/mol. The number of likely N-dealkylation sites (tertiary alicyclic amines) is 1. The summed E-state index contributed by atoms with van der Waals surface area (Å²) in [6.07, 6.45) is -0.892. The van der Waals surface area contributed by atoms with Crippen LogP contribution in [0.4, 0.5) is 0 Å². The summed E-state index contributed by atoms with van der Waals surface area (Å²) >= 11 is 0. The highest BCUT2D eigenvalue weighted by Crippen LogP contribution is 2.39. The molecule has 1 saturated heterocycles. The van der Waals surface area contributed by atoms with Gasteiger partial charge in [-0.3, -0.25) is 19.3 Å². The van der Waals surface area contributed by atoms with Gasteiger partial charge in [0.2, 0.25) is 5.91 Å². The molecular weight excluding hydrogens is 664 g/mol. The summed E-state index contributed by atoms with van der Waals surface area (Å²) < 4.78 is 23.5. The maximum absolute atomic E-state index is 14.4. The fourth-order valence-electron chi connectivity index (χ4n) is 5.90. The van der Waals surface area contributed by atoms with Gasteiger partial charge in [-0.25, -0.2) is 4.79 Å². The van der Waals surface area contributed by atoms with E-state index in [-0.39, 0.29) is 17.9 Å². The number of carboxylic acid groups (broad SMARTS) is 1.